The third-order valence-corrected chi connectivity index (χ3v) is 5.52. The van der Waals surface area contributed by atoms with Crippen molar-refractivity contribution in [2.45, 2.75) is 25.8 Å². The van der Waals surface area contributed by atoms with Gasteiger partial charge in [-0.15, -0.1) is 0 Å². The standard InChI is InChI=1S/C16H17N3O2S/c1-10(20)18-7-11-4-13(9-18)14-5-12(15-2-3-17-22-15)6-16(21)19(14)8-11/h2-3,5-6,11,13H,4,7-9H2,1H3/t11-,13+/m0/s1. The van der Waals surface area contributed by atoms with Gasteiger partial charge in [-0.2, -0.15) is 0 Å². The number of hydrogen-bond donors (Lipinski definition) is 0. The Morgan fingerprint density at radius 2 is 2.18 bits per heavy atom. The highest BCUT2D eigenvalue weighted by molar-refractivity contribution is 7.09. The smallest absolute Gasteiger partial charge is 0.251 e. The quantitative estimate of drug-likeness (QED) is 0.808. The summed E-state index contributed by atoms with van der Waals surface area (Å²) in [6, 6.07) is 5.76. The molecule has 2 aliphatic rings. The van der Waals surface area contributed by atoms with Crippen molar-refractivity contribution in [1.82, 2.24) is 13.8 Å². The van der Waals surface area contributed by atoms with Gasteiger partial charge in [-0.3, -0.25) is 9.59 Å². The highest BCUT2D eigenvalue weighted by atomic mass is 32.1. The molecule has 2 aliphatic heterocycles. The summed E-state index contributed by atoms with van der Waals surface area (Å²) in [5.74, 6) is 0.781. The van der Waals surface area contributed by atoms with Crippen LogP contribution < -0.4 is 5.56 Å². The maximum absolute atomic E-state index is 12.5. The monoisotopic (exact) mass is 315 g/mol. The summed E-state index contributed by atoms with van der Waals surface area (Å²) in [5.41, 5.74) is 2.07. The van der Waals surface area contributed by atoms with E-state index in [2.05, 4.69) is 10.4 Å². The fraction of sp³-hybridized carbons (Fsp3) is 0.438. The summed E-state index contributed by atoms with van der Waals surface area (Å²) in [4.78, 5) is 27.1. The minimum absolute atomic E-state index is 0.0619. The number of likely N-dealkylation sites (tertiary alicyclic amines) is 1. The lowest BCUT2D eigenvalue weighted by atomic mass is 9.82. The second kappa shape index (κ2) is 5.05. The third-order valence-electron chi connectivity index (χ3n) is 4.72. The molecule has 0 spiro atoms. The molecule has 0 N–H and O–H groups in total. The van der Waals surface area contributed by atoms with Crippen molar-refractivity contribution in [2.24, 2.45) is 5.92 Å². The van der Waals surface area contributed by atoms with Crippen LogP contribution in [0.1, 0.15) is 25.0 Å². The van der Waals surface area contributed by atoms with E-state index in [4.69, 9.17) is 0 Å². The van der Waals surface area contributed by atoms with Crippen LogP contribution >= 0.6 is 11.5 Å². The second-order valence-electron chi connectivity index (χ2n) is 6.22. The van der Waals surface area contributed by atoms with Gasteiger partial charge in [0.2, 0.25) is 5.91 Å². The van der Waals surface area contributed by atoms with Crippen molar-refractivity contribution in [3.63, 3.8) is 0 Å². The molecule has 0 aromatic carbocycles. The minimum atomic E-state index is 0.0619. The highest BCUT2D eigenvalue weighted by Gasteiger charge is 2.35. The Labute approximate surface area is 132 Å². The Morgan fingerprint density at radius 1 is 1.32 bits per heavy atom. The van der Waals surface area contributed by atoms with E-state index in [1.54, 1.807) is 19.2 Å². The van der Waals surface area contributed by atoms with Gasteiger partial charge in [0.1, 0.15) is 0 Å². The summed E-state index contributed by atoms with van der Waals surface area (Å²) >= 11 is 1.40. The molecule has 1 fully saturated rings. The molecule has 1 saturated heterocycles. The van der Waals surface area contributed by atoms with Gasteiger partial charge in [0, 0.05) is 56.0 Å². The normalized spacial score (nSPS) is 23.2. The largest absolute Gasteiger partial charge is 0.342 e. The summed E-state index contributed by atoms with van der Waals surface area (Å²) in [7, 11) is 0. The molecule has 6 heteroatoms. The van der Waals surface area contributed by atoms with E-state index in [1.807, 2.05) is 15.5 Å². The van der Waals surface area contributed by atoms with E-state index in [9.17, 15) is 9.59 Å². The van der Waals surface area contributed by atoms with E-state index in [0.717, 1.165) is 42.2 Å². The molecule has 0 saturated carbocycles. The lowest BCUT2D eigenvalue weighted by Gasteiger charge is -2.42. The van der Waals surface area contributed by atoms with Gasteiger partial charge < -0.3 is 9.47 Å². The summed E-state index contributed by atoms with van der Waals surface area (Å²) in [6.07, 6.45) is 2.82. The predicted molar refractivity (Wildman–Crippen MR) is 84.9 cm³/mol. The molecule has 5 nitrogen and oxygen atoms in total. The number of pyridine rings is 1. The van der Waals surface area contributed by atoms with E-state index in [-0.39, 0.29) is 17.4 Å². The van der Waals surface area contributed by atoms with Crippen molar-refractivity contribution in [2.75, 3.05) is 13.1 Å². The van der Waals surface area contributed by atoms with Gasteiger partial charge in [0.25, 0.3) is 5.56 Å². The molecule has 2 atom stereocenters. The first-order valence-electron chi connectivity index (χ1n) is 7.53. The number of rotatable bonds is 1. The van der Waals surface area contributed by atoms with Crippen LogP contribution in [0.25, 0.3) is 10.4 Å². The Morgan fingerprint density at radius 3 is 2.91 bits per heavy atom. The molecule has 0 aliphatic carbocycles. The highest BCUT2D eigenvalue weighted by Crippen LogP contribution is 2.36. The zero-order valence-corrected chi connectivity index (χ0v) is 13.2. The molecule has 0 unspecified atom stereocenters. The molecule has 2 aromatic heterocycles. The molecule has 22 heavy (non-hydrogen) atoms. The fourth-order valence-electron chi connectivity index (χ4n) is 3.72. The summed E-state index contributed by atoms with van der Waals surface area (Å²) in [5, 5.41) is 0. The van der Waals surface area contributed by atoms with Gasteiger partial charge >= 0.3 is 0 Å². The number of nitrogens with zero attached hydrogens (tertiary/aromatic N) is 3. The molecule has 114 valence electrons. The van der Waals surface area contributed by atoms with E-state index >= 15 is 0 Å². The molecule has 2 bridgehead atoms. The molecular formula is C16H17N3O2S. The molecule has 1 amide bonds. The van der Waals surface area contributed by atoms with Gasteiger partial charge in [-0.25, -0.2) is 4.37 Å². The number of piperidine rings is 1. The average molecular weight is 315 g/mol. The van der Waals surface area contributed by atoms with Gasteiger partial charge in [-0.05, 0) is 36.0 Å². The van der Waals surface area contributed by atoms with Gasteiger partial charge in [0.15, 0.2) is 0 Å². The predicted octanol–water partition coefficient (Wildman–Crippen LogP) is 1.94. The average Bonchev–Trinajstić information content (AvgIpc) is 3.02. The zero-order chi connectivity index (χ0) is 15.3. The maximum atomic E-state index is 12.5. The summed E-state index contributed by atoms with van der Waals surface area (Å²) in [6.45, 7) is 3.84. The van der Waals surface area contributed by atoms with Gasteiger partial charge in [0.05, 0.1) is 4.88 Å². The number of carbonyl (C=O) groups is 1. The number of fused-ring (bicyclic) bond motifs is 4. The van der Waals surface area contributed by atoms with Crippen LogP contribution in [0.3, 0.4) is 0 Å². The van der Waals surface area contributed by atoms with Crippen LogP contribution in [0.2, 0.25) is 0 Å². The van der Waals surface area contributed by atoms with Gasteiger partial charge in [-0.1, -0.05) is 0 Å². The first kappa shape index (κ1) is 13.7. The van der Waals surface area contributed by atoms with Crippen LogP contribution in [0, 0.1) is 5.92 Å². The van der Waals surface area contributed by atoms with E-state index in [1.165, 1.54) is 11.5 Å². The van der Waals surface area contributed by atoms with Crippen LogP contribution in [0.5, 0.6) is 0 Å². The van der Waals surface area contributed by atoms with Crippen molar-refractivity contribution < 1.29 is 4.79 Å². The molecule has 0 radical (unpaired) electrons. The molecule has 4 rings (SSSR count). The first-order chi connectivity index (χ1) is 10.6. The van der Waals surface area contributed by atoms with Crippen molar-refractivity contribution in [3.8, 4) is 10.4 Å². The van der Waals surface area contributed by atoms with E-state index < -0.39 is 0 Å². The maximum Gasteiger partial charge on any atom is 0.251 e. The first-order valence-corrected chi connectivity index (χ1v) is 8.30. The van der Waals surface area contributed by atoms with Crippen molar-refractivity contribution in [1.29, 1.82) is 0 Å². The minimum Gasteiger partial charge on any atom is -0.342 e. The topological polar surface area (TPSA) is 55.2 Å². The lowest BCUT2D eigenvalue weighted by Crippen LogP contribution is -2.48. The lowest BCUT2D eigenvalue weighted by molar-refractivity contribution is -0.131. The van der Waals surface area contributed by atoms with Crippen LogP contribution in [0.4, 0.5) is 0 Å². The molecule has 4 heterocycles. The number of carbonyl (C=O) groups excluding carboxylic acids is 1. The SMILES string of the molecule is CC(=O)N1C[C@@H]2C[C@H](C1)c1cc(-c3ccns3)cc(=O)n1C2. The number of amides is 1. The Kier molecular flexibility index (Phi) is 3.14. The third kappa shape index (κ3) is 2.18. The van der Waals surface area contributed by atoms with E-state index in [0.29, 0.717) is 5.92 Å². The second-order valence-corrected chi connectivity index (χ2v) is 7.05. The Bertz CT molecular complexity index is 781. The van der Waals surface area contributed by atoms with Crippen molar-refractivity contribution >= 4 is 17.4 Å². The van der Waals surface area contributed by atoms with Crippen LogP contribution in [-0.2, 0) is 11.3 Å². The van der Waals surface area contributed by atoms with Crippen LogP contribution in [0.15, 0.2) is 29.2 Å². The van der Waals surface area contributed by atoms with Crippen LogP contribution in [-0.4, -0.2) is 32.8 Å². The number of hydrogen-bond acceptors (Lipinski definition) is 4. The zero-order valence-electron chi connectivity index (χ0n) is 12.4. The Balaban J connectivity index is 1.79. The fourth-order valence-corrected chi connectivity index (χ4v) is 4.30. The summed E-state index contributed by atoms with van der Waals surface area (Å²) < 4.78 is 6.02. The Hall–Kier alpha value is -1.95. The molecular weight excluding hydrogens is 298 g/mol. The number of aromatic nitrogens is 2. The van der Waals surface area contributed by atoms with Crippen molar-refractivity contribution in [3.05, 3.63) is 40.4 Å². The molecule has 2 aromatic rings.